The van der Waals surface area contributed by atoms with Gasteiger partial charge in [-0.3, -0.25) is 9.59 Å². The van der Waals surface area contributed by atoms with Crippen LogP contribution in [0.1, 0.15) is 35.2 Å². The van der Waals surface area contributed by atoms with E-state index >= 15 is 0 Å². The number of hydrogen-bond donors (Lipinski definition) is 2. The van der Waals surface area contributed by atoms with Crippen molar-refractivity contribution in [3.63, 3.8) is 0 Å². The van der Waals surface area contributed by atoms with Crippen molar-refractivity contribution in [2.45, 2.75) is 31.7 Å². The molecule has 1 saturated carbocycles. The molecule has 0 spiro atoms. The number of carbonyl (C=O) groups excluding carboxylic acids is 2. The summed E-state index contributed by atoms with van der Waals surface area (Å²) in [6, 6.07) is 4.32. The molecule has 0 aromatic heterocycles. The zero-order chi connectivity index (χ0) is 15.9. The predicted molar refractivity (Wildman–Crippen MR) is 79.8 cm³/mol. The van der Waals surface area contributed by atoms with Crippen LogP contribution in [-0.2, 0) is 16.0 Å². The topological polar surface area (TPSA) is 86.7 Å². The van der Waals surface area contributed by atoms with Gasteiger partial charge in [0, 0.05) is 24.7 Å². The maximum absolute atomic E-state index is 12.3. The zero-order valence-electron chi connectivity index (χ0n) is 12.3. The monoisotopic (exact) mass is 302 g/mol. The van der Waals surface area contributed by atoms with E-state index in [0.717, 1.165) is 24.1 Å². The summed E-state index contributed by atoms with van der Waals surface area (Å²) < 4.78 is 0. The molecule has 0 bridgehead atoms. The van der Waals surface area contributed by atoms with Crippen molar-refractivity contribution >= 4 is 23.5 Å². The summed E-state index contributed by atoms with van der Waals surface area (Å²) in [5.74, 6) is -1.26. The predicted octanol–water partition coefficient (Wildman–Crippen LogP) is 1.19. The molecule has 6 nitrogen and oxygen atoms in total. The first kappa shape index (κ1) is 14.6. The number of anilines is 1. The van der Waals surface area contributed by atoms with E-state index < -0.39 is 12.0 Å². The molecule has 2 N–H and O–H groups in total. The number of nitrogens with zero attached hydrogens (tertiary/aromatic N) is 1. The van der Waals surface area contributed by atoms with E-state index in [-0.39, 0.29) is 17.7 Å². The second-order valence-corrected chi connectivity index (χ2v) is 5.92. The molecule has 22 heavy (non-hydrogen) atoms. The number of benzene rings is 1. The molecular weight excluding hydrogens is 284 g/mol. The average molecular weight is 302 g/mol. The molecule has 3 rings (SSSR count). The minimum atomic E-state index is -0.987. The Morgan fingerprint density at radius 1 is 1.32 bits per heavy atom. The summed E-state index contributed by atoms with van der Waals surface area (Å²) in [6.45, 7) is 0. The highest BCUT2D eigenvalue weighted by Crippen LogP contribution is 2.33. The van der Waals surface area contributed by atoms with Gasteiger partial charge in [0.15, 0.2) is 0 Å². The molecule has 6 heteroatoms. The van der Waals surface area contributed by atoms with Crippen LogP contribution in [0.4, 0.5) is 5.69 Å². The van der Waals surface area contributed by atoms with Crippen molar-refractivity contribution in [2.75, 3.05) is 11.9 Å². The summed E-state index contributed by atoms with van der Waals surface area (Å²) in [7, 11) is 1.72. The van der Waals surface area contributed by atoms with Crippen molar-refractivity contribution in [1.82, 2.24) is 5.32 Å². The Bertz CT molecular complexity index is 652. The third-order valence-corrected chi connectivity index (χ3v) is 4.33. The molecule has 0 radical (unpaired) electrons. The number of carboxylic acid groups (broad SMARTS) is 1. The molecule has 0 saturated heterocycles. The van der Waals surface area contributed by atoms with Gasteiger partial charge in [-0.2, -0.15) is 0 Å². The Labute approximate surface area is 128 Å². The first-order chi connectivity index (χ1) is 10.5. The second-order valence-electron chi connectivity index (χ2n) is 5.92. The largest absolute Gasteiger partial charge is 0.480 e. The van der Waals surface area contributed by atoms with Gasteiger partial charge in [0.1, 0.15) is 6.04 Å². The van der Waals surface area contributed by atoms with E-state index in [1.165, 1.54) is 0 Å². The van der Waals surface area contributed by atoms with Crippen molar-refractivity contribution in [3.05, 3.63) is 29.3 Å². The molecule has 1 atom stereocenters. The lowest BCUT2D eigenvalue weighted by Gasteiger charge is -2.26. The van der Waals surface area contributed by atoms with Crippen molar-refractivity contribution in [1.29, 1.82) is 0 Å². The van der Waals surface area contributed by atoms with Gasteiger partial charge in [-0.25, -0.2) is 4.79 Å². The van der Waals surface area contributed by atoms with Crippen LogP contribution in [0.15, 0.2) is 18.2 Å². The van der Waals surface area contributed by atoms with Gasteiger partial charge in [-0.1, -0.05) is 0 Å². The number of carboxylic acids is 1. The summed E-state index contributed by atoms with van der Waals surface area (Å²) in [6.07, 6.45) is 2.71. The van der Waals surface area contributed by atoms with Gasteiger partial charge in [0.2, 0.25) is 5.91 Å². The first-order valence-corrected chi connectivity index (χ1v) is 7.40. The number of nitrogens with one attached hydrogen (secondary N) is 1. The van der Waals surface area contributed by atoms with Crippen LogP contribution < -0.4 is 10.2 Å². The standard InChI is InChI=1S/C16H18N2O4/c1-18-12-6-4-11(8-10(12)5-7-13(18)19)15(20)17-14(16(21)22)9-2-3-9/h4,6,8-9,14H,2-3,5,7H2,1H3,(H,17,20)(H,21,22). The van der Waals surface area contributed by atoms with Gasteiger partial charge >= 0.3 is 5.97 Å². The highest BCUT2D eigenvalue weighted by molar-refractivity contribution is 6.00. The summed E-state index contributed by atoms with van der Waals surface area (Å²) in [5.41, 5.74) is 2.19. The minimum Gasteiger partial charge on any atom is -0.480 e. The van der Waals surface area contributed by atoms with E-state index in [1.807, 2.05) is 0 Å². The Hall–Kier alpha value is -2.37. The van der Waals surface area contributed by atoms with Gasteiger partial charge in [-0.15, -0.1) is 0 Å². The van der Waals surface area contributed by atoms with Crippen LogP contribution in [0, 0.1) is 5.92 Å². The lowest BCUT2D eigenvalue weighted by molar-refractivity contribution is -0.139. The van der Waals surface area contributed by atoms with E-state index in [0.29, 0.717) is 18.4 Å². The van der Waals surface area contributed by atoms with Gasteiger partial charge in [0.05, 0.1) is 0 Å². The zero-order valence-corrected chi connectivity index (χ0v) is 12.3. The van der Waals surface area contributed by atoms with Crippen molar-refractivity contribution in [3.8, 4) is 0 Å². The van der Waals surface area contributed by atoms with Crippen LogP contribution in [0.2, 0.25) is 0 Å². The van der Waals surface area contributed by atoms with Gasteiger partial charge in [0.25, 0.3) is 5.91 Å². The Morgan fingerprint density at radius 2 is 2.05 bits per heavy atom. The van der Waals surface area contributed by atoms with E-state index in [9.17, 15) is 19.5 Å². The maximum Gasteiger partial charge on any atom is 0.326 e. The van der Waals surface area contributed by atoms with Crippen molar-refractivity contribution in [2.24, 2.45) is 5.92 Å². The van der Waals surface area contributed by atoms with E-state index in [4.69, 9.17) is 0 Å². The molecule has 1 aliphatic heterocycles. The fourth-order valence-electron chi connectivity index (χ4n) is 2.83. The Kier molecular flexibility index (Phi) is 3.60. The van der Waals surface area contributed by atoms with Crippen molar-refractivity contribution < 1.29 is 19.5 Å². The number of aryl methyl sites for hydroxylation is 1. The maximum atomic E-state index is 12.3. The Balaban J connectivity index is 1.79. The molecular formula is C16H18N2O4. The number of amides is 2. The highest BCUT2D eigenvalue weighted by atomic mass is 16.4. The number of fused-ring (bicyclic) bond motifs is 1. The molecule has 116 valence electrons. The van der Waals surface area contributed by atoms with Gasteiger partial charge < -0.3 is 15.3 Å². The number of hydrogen-bond acceptors (Lipinski definition) is 3. The van der Waals surface area contributed by atoms with Gasteiger partial charge in [-0.05, 0) is 48.9 Å². The third kappa shape index (κ3) is 2.68. The number of aliphatic carboxylic acids is 1. The Morgan fingerprint density at radius 3 is 2.68 bits per heavy atom. The molecule has 1 aromatic rings. The molecule has 2 amide bonds. The van der Waals surface area contributed by atoms with Crippen LogP contribution in [0.5, 0.6) is 0 Å². The van der Waals surface area contributed by atoms with Crippen LogP contribution in [0.25, 0.3) is 0 Å². The molecule has 1 unspecified atom stereocenters. The van der Waals surface area contributed by atoms with Crippen LogP contribution >= 0.6 is 0 Å². The van der Waals surface area contributed by atoms with Crippen LogP contribution in [-0.4, -0.2) is 36.0 Å². The van der Waals surface area contributed by atoms with Crippen LogP contribution in [0.3, 0.4) is 0 Å². The highest BCUT2D eigenvalue weighted by Gasteiger charge is 2.37. The summed E-state index contributed by atoms with van der Waals surface area (Å²) in [4.78, 5) is 36.7. The second kappa shape index (κ2) is 5.44. The number of rotatable bonds is 4. The first-order valence-electron chi connectivity index (χ1n) is 7.40. The quantitative estimate of drug-likeness (QED) is 0.874. The minimum absolute atomic E-state index is 0.0443. The normalized spacial score (nSPS) is 18.6. The third-order valence-electron chi connectivity index (χ3n) is 4.33. The molecule has 1 aliphatic carbocycles. The summed E-state index contributed by atoms with van der Waals surface area (Å²) in [5, 5.41) is 11.8. The fraction of sp³-hybridized carbons (Fsp3) is 0.438. The lowest BCUT2D eigenvalue weighted by atomic mass is 9.98. The molecule has 2 aliphatic rings. The SMILES string of the molecule is CN1C(=O)CCc2cc(C(=O)NC(C(=O)O)C3CC3)ccc21. The molecule has 1 heterocycles. The van der Waals surface area contributed by atoms with E-state index in [1.54, 1.807) is 30.1 Å². The average Bonchev–Trinajstić information content (AvgIpc) is 3.32. The summed E-state index contributed by atoms with van der Waals surface area (Å²) >= 11 is 0. The number of carbonyl (C=O) groups is 3. The fourth-order valence-corrected chi connectivity index (χ4v) is 2.83. The lowest BCUT2D eigenvalue weighted by Crippen LogP contribution is -2.42. The van der Waals surface area contributed by atoms with E-state index in [2.05, 4.69) is 5.32 Å². The molecule has 1 fully saturated rings. The smallest absolute Gasteiger partial charge is 0.326 e. The molecule has 1 aromatic carbocycles.